The third kappa shape index (κ3) is 3.97. The predicted octanol–water partition coefficient (Wildman–Crippen LogP) is 2.17. The number of carbonyl (C=O) groups is 1. The molecule has 2 N–H and O–H groups in total. The first-order valence-corrected chi connectivity index (χ1v) is 11.7. The summed E-state index contributed by atoms with van der Waals surface area (Å²) in [6.07, 6.45) is 0.811. The minimum atomic E-state index is -4.17. The number of ether oxygens (including phenoxy) is 1. The lowest BCUT2D eigenvalue weighted by Crippen LogP contribution is -2.27. The molecule has 1 aliphatic heterocycles. The van der Waals surface area contributed by atoms with Gasteiger partial charge in [0, 0.05) is 5.69 Å². The number of benzene rings is 2. The number of aryl methyl sites for hydroxylation is 1. The summed E-state index contributed by atoms with van der Waals surface area (Å²) in [4.78, 5) is 11.1. The molecule has 2 aromatic rings. The number of sulfonamides is 1. The summed E-state index contributed by atoms with van der Waals surface area (Å²) in [5.41, 5.74) is 1.38. The van der Waals surface area contributed by atoms with Crippen molar-refractivity contribution in [2.24, 2.45) is 0 Å². The van der Waals surface area contributed by atoms with Gasteiger partial charge in [-0.15, -0.1) is 0 Å². The van der Waals surface area contributed by atoms with E-state index >= 15 is 0 Å². The number of fused-ring (bicyclic) bond motifs is 1. The van der Waals surface area contributed by atoms with E-state index in [0.717, 1.165) is 18.1 Å². The summed E-state index contributed by atoms with van der Waals surface area (Å²) in [6, 6.07) is 9.10. The molecule has 8 nitrogen and oxygen atoms in total. The van der Waals surface area contributed by atoms with Crippen molar-refractivity contribution in [1.29, 1.82) is 0 Å². The Hall–Kier alpha value is -2.59. The lowest BCUT2D eigenvalue weighted by Gasteiger charge is -2.22. The second-order valence-electron chi connectivity index (χ2n) is 6.19. The first-order valence-electron chi connectivity index (χ1n) is 8.61. The first kappa shape index (κ1) is 20.2. The van der Waals surface area contributed by atoms with Gasteiger partial charge in [0.2, 0.25) is 0 Å². The average molecular weight is 425 g/mol. The number of hydrogen-bond donors (Lipinski definition) is 2. The van der Waals surface area contributed by atoms with E-state index in [9.17, 15) is 21.6 Å². The van der Waals surface area contributed by atoms with Gasteiger partial charge in [0.15, 0.2) is 22.2 Å². The molecule has 10 heteroatoms. The van der Waals surface area contributed by atoms with Crippen LogP contribution in [0.3, 0.4) is 0 Å². The van der Waals surface area contributed by atoms with Crippen molar-refractivity contribution in [1.82, 2.24) is 0 Å². The smallest absolute Gasteiger partial charge is 0.265 e. The average Bonchev–Trinajstić information content (AvgIpc) is 2.67. The Kier molecular flexibility index (Phi) is 5.35. The van der Waals surface area contributed by atoms with E-state index in [2.05, 4.69) is 10.0 Å². The summed E-state index contributed by atoms with van der Waals surface area (Å²) in [7, 11) is -7.89. The molecule has 0 atom stereocenters. The third-order valence-corrected chi connectivity index (χ3v) is 7.39. The number of rotatable bonds is 6. The highest BCUT2D eigenvalue weighted by Crippen LogP contribution is 2.38. The fourth-order valence-electron chi connectivity index (χ4n) is 2.71. The van der Waals surface area contributed by atoms with Crippen LogP contribution in [0.25, 0.3) is 0 Å². The molecule has 0 unspecified atom stereocenters. The van der Waals surface area contributed by atoms with Gasteiger partial charge in [-0.3, -0.25) is 9.52 Å². The van der Waals surface area contributed by atoms with Crippen molar-refractivity contribution in [3.8, 4) is 5.75 Å². The molecule has 1 amide bonds. The molecule has 0 bridgehead atoms. The lowest BCUT2D eigenvalue weighted by molar-refractivity contribution is -0.118. The Morgan fingerprint density at radius 3 is 2.36 bits per heavy atom. The highest BCUT2D eigenvalue weighted by molar-refractivity contribution is 7.93. The fourth-order valence-corrected chi connectivity index (χ4v) is 4.96. The monoisotopic (exact) mass is 424 g/mol. The maximum atomic E-state index is 13.0. The van der Waals surface area contributed by atoms with E-state index in [1.807, 2.05) is 6.92 Å². The van der Waals surface area contributed by atoms with Gasteiger partial charge >= 0.3 is 0 Å². The minimum absolute atomic E-state index is 0.00693. The highest BCUT2D eigenvalue weighted by Gasteiger charge is 2.30. The van der Waals surface area contributed by atoms with Crippen molar-refractivity contribution < 1.29 is 26.4 Å². The maximum absolute atomic E-state index is 13.0. The molecule has 150 valence electrons. The van der Waals surface area contributed by atoms with Crippen LogP contribution in [0.2, 0.25) is 0 Å². The molecule has 0 fully saturated rings. The molecule has 0 radical (unpaired) electrons. The second-order valence-corrected chi connectivity index (χ2v) is 10.1. The summed E-state index contributed by atoms with van der Waals surface area (Å²) < 4.78 is 58.3. The van der Waals surface area contributed by atoms with Crippen LogP contribution in [0.4, 0.5) is 11.4 Å². The SMILES string of the molecule is CCc1ccc(NS(=O)(=O)c2cc(S(=O)(=O)CC)cc3c2OCC(=O)N3)cc1. The number of amides is 1. The third-order valence-electron chi connectivity index (χ3n) is 4.29. The standard InChI is InChI=1S/C18H20N2O6S2/c1-3-12-5-7-13(8-6-12)20-28(24,25)16-10-14(27(22,23)4-2)9-15-18(16)26-11-17(21)19-15/h5-10,20H,3-4,11H2,1-2H3,(H,19,21). The Morgan fingerprint density at radius 1 is 1.07 bits per heavy atom. The van der Waals surface area contributed by atoms with E-state index in [1.165, 1.54) is 13.0 Å². The van der Waals surface area contributed by atoms with Gasteiger partial charge in [-0.05, 0) is 36.2 Å². The van der Waals surface area contributed by atoms with Crippen LogP contribution in [-0.2, 0) is 31.1 Å². The van der Waals surface area contributed by atoms with Gasteiger partial charge in [-0.1, -0.05) is 26.0 Å². The molecular weight excluding hydrogens is 404 g/mol. The van der Waals surface area contributed by atoms with Crippen LogP contribution in [0.1, 0.15) is 19.4 Å². The van der Waals surface area contributed by atoms with E-state index in [1.54, 1.807) is 24.3 Å². The van der Waals surface area contributed by atoms with Gasteiger partial charge in [-0.25, -0.2) is 16.8 Å². The Balaban J connectivity index is 2.11. The molecule has 0 spiro atoms. The maximum Gasteiger partial charge on any atom is 0.265 e. The van der Waals surface area contributed by atoms with Gasteiger partial charge in [-0.2, -0.15) is 0 Å². The second kappa shape index (κ2) is 7.44. The van der Waals surface area contributed by atoms with Crippen molar-refractivity contribution in [2.45, 2.75) is 30.1 Å². The zero-order valence-corrected chi connectivity index (χ0v) is 17.0. The van der Waals surface area contributed by atoms with Crippen LogP contribution >= 0.6 is 0 Å². The van der Waals surface area contributed by atoms with Crippen LogP contribution in [0.15, 0.2) is 46.2 Å². The van der Waals surface area contributed by atoms with Crippen molar-refractivity contribution in [3.63, 3.8) is 0 Å². The summed E-state index contributed by atoms with van der Waals surface area (Å²) in [6.45, 7) is 3.07. The number of anilines is 2. The molecule has 1 aliphatic rings. The zero-order chi connectivity index (χ0) is 20.5. The van der Waals surface area contributed by atoms with Crippen LogP contribution in [0.5, 0.6) is 5.75 Å². The Labute approximate surface area is 163 Å². The quantitative estimate of drug-likeness (QED) is 0.734. The van der Waals surface area contributed by atoms with Gasteiger partial charge in [0.1, 0.15) is 4.90 Å². The summed E-state index contributed by atoms with van der Waals surface area (Å²) in [5.74, 6) is -0.802. The first-order chi connectivity index (χ1) is 13.2. The molecule has 0 aliphatic carbocycles. The Bertz CT molecular complexity index is 1120. The van der Waals surface area contributed by atoms with E-state index in [4.69, 9.17) is 4.74 Å². The molecule has 0 aromatic heterocycles. The summed E-state index contributed by atoms with van der Waals surface area (Å²) >= 11 is 0. The predicted molar refractivity (Wildman–Crippen MR) is 105 cm³/mol. The van der Waals surface area contributed by atoms with Gasteiger partial charge < -0.3 is 10.1 Å². The van der Waals surface area contributed by atoms with Crippen molar-refractivity contribution in [3.05, 3.63) is 42.0 Å². The van der Waals surface area contributed by atoms with Crippen LogP contribution < -0.4 is 14.8 Å². The molecule has 0 saturated carbocycles. The van der Waals surface area contributed by atoms with E-state index < -0.39 is 25.8 Å². The van der Waals surface area contributed by atoms with Gasteiger partial charge in [0.05, 0.1) is 16.3 Å². The normalized spacial score (nSPS) is 14.0. The lowest BCUT2D eigenvalue weighted by atomic mass is 10.2. The van der Waals surface area contributed by atoms with E-state index in [-0.39, 0.29) is 33.6 Å². The molecule has 2 aromatic carbocycles. The number of carbonyl (C=O) groups excluding carboxylic acids is 1. The summed E-state index contributed by atoms with van der Waals surface area (Å²) in [5, 5.41) is 2.47. The van der Waals surface area contributed by atoms with Crippen molar-refractivity contribution >= 4 is 37.1 Å². The molecular formula is C18H20N2O6S2. The van der Waals surface area contributed by atoms with Crippen LogP contribution in [0, 0.1) is 0 Å². The fraction of sp³-hybridized carbons (Fsp3) is 0.278. The molecule has 0 saturated heterocycles. The molecule has 3 rings (SSSR count). The van der Waals surface area contributed by atoms with Gasteiger partial charge in [0.25, 0.3) is 15.9 Å². The number of nitrogens with one attached hydrogen (secondary N) is 2. The topological polar surface area (TPSA) is 119 Å². The van der Waals surface area contributed by atoms with Crippen LogP contribution in [-0.4, -0.2) is 35.1 Å². The van der Waals surface area contributed by atoms with Crippen molar-refractivity contribution in [2.75, 3.05) is 22.4 Å². The molecule has 1 heterocycles. The number of hydrogen-bond acceptors (Lipinski definition) is 6. The Morgan fingerprint density at radius 2 is 1.75 bits per heavy atom. The number of sulfone groups is 1. The highest BCUT2D eigenvalue weighted by atomic mass is 32.2. The minimum Gasteiger partial charge on any atom is -0.480 e. The largest absolute Gasteiger partial charge is 0.480 e. The van der Waals surface area contributed by atoms with E-state index in [0.29, 0.717) is 5.69 Å². The molecule has 28 heavy (non-hydrogen) atoms. The zero-order valence-electron chi connectivity index (χ0n) is 15.4.